The van der Waals surface area contributed by atoms with Crippen LogP contribution in [0.15, 0.2) is 24.3 Å². The second-order valence-electron chi connectivity index (χ2n) is 24.9. The highest BCUT2D eigenvalue weighted by molar-refractivity contribution is 5.76. The molecule has 6 heteroatoms. The van der Waals surface area contributed by atoms with Crippen LogP contribution in [0.4, 0.5) is 0 Å². The SMILES string of the molecule is CCCCCCCC/C=C\CCCCCCCCCCCC(=O)OCCCCCCCCCCCCCCCCCCCCCCCCCCCCCCC(=O)NC(CO)C(O)/C=C/CCCCCCCCCCCCCCC. The fourth-order valence-electron chi connectivity index (χ4n) is 11.5. The molecule has 0 aliphatic rings. The first kappa shape index (κ1) is 77.3. The third kappa shape index (κ3) is 65.4. The molecule has 0 bridgehead atoms. The van der Waals surface area contributed by atoms with Gasteiger partial charge in [0.25, 0.3) is 0 Å². The average molecular weight is 1110 g/mol. The van der Waals surface area contributed by atoms with Gasteiger partial charge in [-0.3, -0.25) is 9.59 Å². The lowest BCUT2D eigenvalue weighted by atomic mass is 10.0. The number of rotatable bonds is 68. The van der Waals surface area contributed by atoms with E-state index in [0.717, 1.165) is 38.5 Å². The van der Waals surface area contributed by atoms with Gasteiger partial charge in [0.2, 0.25) is 5.91 Å². The van der Waals surface area contributed by atoms with Crippen molar-refractivity contribution >= 4 is 11.9 Å². The van der Waals surface area contributed by atoms with Crippen LogP contribution in [-0.4, -0.2) is 47.4 Å². The van der Waals surface area contributed by atoms with E-state index < -0.39 is 12.1 Å². The molecule has 0 saturated carbocycles. The summed E-state index contributed by atoms with van der Waals surface area (Å²) in [6.45, 7) is 4.94. The first-order valence-corrected chi connectivity index (χ1v) is 36.1. The van der Waals surface area contributed by atoms with Crippen LogP contribution in [0, 0.1) is 0 Å². The molecule has 0 aliphatic carbocycles. The molecule has 0 aromatic carbocycles. The van der Waals surface area contributed by atoms with E-state index in [-0.39, 0.29) is 18.5 Å². The van der Waals surface area contributed by atoms with Crippen molar-refractivity contribution in [3.63, 3.8) is 0 Å². The first-order valence-electron chi connectivity index (χ1n) is 36.1. The Morgan fingerprint density at radius 2 is 0.595 bits per heavy atom. The van der Waals surface area contributed by atoms with E-state index in [4.69, 9.17) is 4.74 Å². The van der Waals surface area contributed by atoms with E-state index in [9.17, 15) is 19.8 Å². The highest BCUT2D eigenvalue weighted by atomic mass is 16.5. The van der Waals surface area contributed by atoms with Crippen LogP contribution in [0.25, 0.3) is 0 Å². The minimum atomic E-state index is -0.842. The highest BCUT2D eigenvalue weighted by Crippen LogP contribution is 2.19. The molecule has 0 aromatic heterocycles. The second kappa shape index (κ2) is 68.8. The monoisotopic (exact) mass is 1110 g/mol. The van der Waals surface area contributed by atoms with E-state index in [1.807, 2.05) is 6.08 Å². The summed E-state index contributed by atoms with van der Waals surface area (Å²) in [7, 11) is 0. The maximum Gasteiger partial charge on any atom is 0.305 e. The molecule has 0 aliphatic heterocycles. The number of esters is 1. The minimum Gasteiger partial charge on any atom is -0.466 e. The molecular weight excluding hydrogens is 971 g/mol. The van der Waals surface area contributed by atoms with Crippen molar-refractivity contribution in [3.8, 4) is 0 Å². The molecule has 468 valence electrons. The quantitative estimate of drug-likeness (QED) is 0.0320. The summed E-state index contributed by atoms with van der Waals surface area (Å²) in [4.78, 5) is 24.6. The molecule has 1 amide bonds. The van der Waals surface area contributed by atoms with Gasteiger partial charge in [0, 0.05) is 12.8 Å². The van der Waals surface area contributed by atoms with Crippen LogP contribution in [-0.2, 0) is 14.3 Å². The zero-order valence-electron chi connectivity index (χ0n) is 53.6. The molecule has 0 spiro atoms. The van der Waals surface area contributed by atoms with Gasteiger partial charge in [0.15, 0.2) is 0 Å². The number of aliphatic hydroxyl groups is 2. The van der Waals surface area contributed by atoms with E-state index in [1.54, 1.807) is 6.08 Å². The Morgan fingerprint density at radius 1 is 0.342 bits per heavy atom. The Morgan fingerprint density at radius 3 is 0.899 bits per heavy atom. The Bertz CT molecular complexity index is 1230. The zero-order valence-corrected chi connectivity index (χ0v) is 53.6. The van der Waals surface area contributed by atoms with Crippen LogP contribution < -0.4 is 5.32 Å². The Balaban J connectivity index is 3.34. The topological polar surface area (TPSA) is 95.9 Å². The number of carbonyl (C=O) groups excluding carboxylic acids is 2. The summed E-state index contributed by atoms with van der Waals surface area (Å²) in [5.41, 5.74) is 0. The lowest BCUT2D eigenvalue weighted by Gasteiger charge is -2.20. The van der Waals surface area contributed by atoms with E-state index >= 15 is 0 Å². The molecule has 2 atom stereocenters. The average Bonchev–Trinajstić information content (AvgIpc) is 3.45. The minimum absolute atomic E-state index is 0.0188. The number of amides is 1. The highest BCUT2D eigenvalue weighted by Gasteiger charge is 2.18. The molecule has 79 heavy (non-hydrogen) atoms. The van der Waals surface area contributed by atoms with Crippen molar-refractivity contribution in [3.05, 3.63) is 24.3 Å². The predicted molar refractivity (Wildman–Crippen MR) is 347 cm³/mol. The van der Waals surface area contributed by atoms with Crippen molar-refractivity contribution < 1.29 is 24.5 Å². The van der Waals surface area contributed by atoms with Gasteiger partial charge in [0.05, 0.1) is 25.4 Å². The van der Waals surface area contributed by atoms with Crippen LogP contribution >= 0.6 is 0 Å². The number of carbonyl (C=O) groups is 2. The molecule has 3 N–H and O–H groups in total. The van der Waals surface area contributed by atoms with Crippen molar-refractivity contribution in [1.82, 2.24) is 5.32 Å². The van der Waals surface area contributed by atoms with Gasteiger partial charge in [-0.1, -0.05) is 359 Å². The van der Waals surface area contributed by atoms with Crippen molar-refractivity contribution in [2.45, 2.75) is 418 Å². The third-order valence-electron chi connectivity index (χ3n) is 17.0. The van der Waals surface area contributed by atoms with E-state index in [1.165, 1.54) is 340 Å². The Kier molecular flexibility index (Phi) is 67.4. The number of hydrogen-bond donors (Lipinski definition) is 3. The molecule has 0 heterocycles. The standard InChI is InChI=1S/C73H141NO5/c1-3-5-7-9-11-13-15-17-19-20-31-35-39-43-47-51-55-59-63-67-73(78)79-68-64-60-56-52-48-44-40-36-33-30-28-26-24-22-21-23-25-27-29-32-34-38-42-46-50-54-58-62-66-72(77)74-70(69-75)71(76)65-61-57-53-49-45-41-37-18-16-14-12-10-8-6-4-2/h17,19,61,65,70-71,75-76H,3-16,18,20-60,62-64,66-69H2,1-2H3,(H,74,77)/b19-17-,65-61+. The molecule has 0 saturated heterocycles. The van der Waals surface area contributed by atoms with Gasteiger partial charge in [-0.15, -0.1) is 0 Å². The molecule has 6 nitrogen and oxygen atoms in total. The van der Waals surface area contributed by atoms with Crippen LogP contribution in [0.5, 0.6) is 0 Å². The second-order valence-corrected chi connectivity index (χ2v) is 24.9. The lowest BCUT2D eigenvalue weighted by molar-refractivity contribution is -0.143. The number of hydrogen-bond acceptors (Lipinski definition) is 5. The molecule has 0 rings (SSSR count). The Labute approximate surface area is 494 Å². The smallest absolute Gasteiger partial charge is 0.305 e. The van der Waals surface area contributed by atoms with Crippen LogP contribution in [0.1, 0.15) is 406 Å². The van der Waals surface area contributed by atoms with Gasteiger partial charge in [-0.25, -0.2) is 0 Å². The van der Waals surface area contributed by atoms with E-state index in [0.29, 0.717) is 19.4 Å². The summed E-state index contributed by atoms with van der Waals surface area (Å²) in [5, 5.41) is 23.2. The normalized spacial score (nSPS) is 12.6. The maximum atomic E-state index is 12.5. The van der Waals surface area contributed by atoms with Crippen molar-refractivity contribution in [2.24, 2.45) is 0 Å². The number of unbranched alkanes of at least 4 members (excludes halogenated alkanes) is 55. The largest absolute Gasteiger partial charge is 0.466 e. The molecule has 2 unspecified atom stereocenters. The van der Waals surface area contributed by atoms with E-state index in [2.05, 4.69) is 31.3 Å². The number of ether oxygens (including phenoxy) is 1. The summed E-state index contributed by atoms with van der Waals surface area (Å²) in [6.07, 6.45) is 86.9. The van der Waals surface area contributed by atoms with Crippen LogP contribution in [0.2, 0.25) is 0 Å². The van der Waals surface area contributed by atoms with Gasteiger partial charge >= 0.3 is 5.97 Å². The lowest BCUT2D eigenvalue weighted by Crippen LogP contribution is -2.45. The van der Waals surface area contributed by atoms with Gasteiger partial charge < -0.3 is 20.3 Å². The van der Waals surface area contributed by atoms with Crippen LogP contribution in [0.3, 0.4) is 0 Å². The zero-order chi connectivity index (χ0) is 57.1. The summed E-state index contributed by atoms with van der Waals surface area (Å²) >= 11 is 0. The Hall–Kier alpha value is -1.66. The predicted octanol–water partition coefficient (Wildman–Crippen LogP) is 23.3. The first-order chi connectivity index (χ1) is 39.0. The molecule has 0 aromatic rings. The fraction of sp³-hybridized carbons (Fsp3) is 0.918. The summed E-state index contributed by atoms with van der Waals surface area (Å²) < 4.78 is 5.51. The maximum absolute atomic E-state index is 12.5. The molecular formula is C73H141NO5. The summed E-state index contributed by atoms with van der Waals surface area (Å²) in [5.74, 6) is -0.0434. The van der Waals surface area contributed by atoms with Gasteiger partial charge in [0.1, 0.15) is 0 Å². The summed E-state index contributed by atoms with van der Waals surface area (Å²) in [6, 6.07) is -0.625. The van der Waals surface area contributed by atoms with Crippen molar-refractivity contribution in [2.75, 3.05) is 13.2 Å². The number of allylic oxidation sites excluding steroid dienone is 3. The van der Waals surface area contributed by atoms with Crippen molar-refractivity contribution in [1.29, 1.82) is 0 Å². The third-order valence-corrected chi connectivity index (χ3v) is 17.0. The number of aliphatic hydroxyl groups excluding tert-OH is 2. The molecule has 0 fully saturated rings. The molecule has 0 radical (unpaired) electrons. The van der Waals surface area contributed by atoms with Gasteiger partial charge in [-0.2, -0.15) is 0 Å². The van der Waals surface area contributed by atoms with Gasteiger partial charge in [-0.05, 0) is 57.8 Å². The number of nitrogens with one attached hydrogen (secondary N) is 1. The fourth-order valence-corrected chi connectivity index (χ4v) is 11.5.